The minimum atomic E-state index is 1.20. The van der Waals surface area contributed by atoms with Crippen LogP contribution in [0.5, 0.6) is 0 Å². The molecule has 2 aliphatic rings. The fourth-order valence-electron chi connectivity index (χ4n) is 2.75. The Morgan fingerprint density at radius 2 is 1.41 bits per heavy atom. The number of hydrogen-bond donors (Lipinski definition) is 0. The fraction of sp³-hybridized carbons (Fsp3) is 0.769. The molecule has 3 heterocycles. The van der Waals surface area contributed by atoms with Crippen molar-refractivity contribution in [2.45, 2.75) is 38.5 Å². The van der Waals surface area contributed by atoms with E-state index in [0.29, 0.717) is 0 Å². The van der Waals surface area contributed by atoms with Crippen molar-refractivity contribution in [3.05, 3.63) is 5.38 Å². The normalized spacial score (nSPS) is 21.9. The maximum absolute atomic E-state index is 4.83. The maximum atomic E-state index is 4.83. The molecule has 0 aromatic carbocycles. The van der Waals surface area contributed by atoms with Crippen LogP contribution in [0, 0.1) is 0 Å². The number of piperidine rings is 2. The van der Waals surface area contributed by atoms with Crippen LogP contribution in [0.3, 0.4) is 0 Å². The van der Waals surface area contributed by atoms with E-state index in [1.165, 1.54) is 75.7 Å². The van der Waals surface area contributed by atoms with Gasteiger partial charge in [0.2, 0.25) is 0 Å². The first-order valence-electron chi connectivity index (χ1n) is 6.89. The van der Waals surface area contributed by atoms with Gasteiger partial charge in [0.25, 0.3) is 0 Å². The molecule has 94 valence electrons. The van der Waals surface area contributed by atoms with Crippen LogP contribution in [-0.4, -0.2) is 31.2 Å². The number of anilines is 2. The van der Waals surface area contributed by atoms with Gasteiger partial charge in [0.15, 0.2) is 5.13 Å². The predicted molar refractivity (Wildman–Crippen MR) is 74.2 cm³/mol. The minimum absolute atomic E-state index is 1.20. The van der Waals surface area contributed by atoms with Gasteiger partial charge in [-0.25, -0.2) is 4.98 Å². The number of thiazole rings is 1. The lowest BCUT2D eigenvalue weighted by Gasteiger charge is -2.27. The van der Waals surface area contributed by atoms with Crippen molar-refractivity contribution in [2.75, 3.05) is 36.0 Å². The van der Waals surface area contributed by atoms with E-state index in [4.69, 9.17) is 4.98 Å². The van der Waals surface area contributed by atoms with E-state index >= 15 is 0 Å². The number of aromatic nitrogens is 1. The van der Waals surface area contributed by atoms with Crippen molar-refractivity contribution in [1.82, 2.24) is 4.98 Å². The molecular weight excluding hydrogens is 230 g/mol. The zero-order chi connectivity index (χ0) is 11.5. The molecule has 0 radical (unpaired) electrons. The molecule has 1 aromatic rings. The molecule has 3 rings (SSSR count). The summed E-state index contributed by atoms with van der Waals surface area (Å²) in [5.41, 5.74) is 0. The Kier molecular flexibility index (Phi) is 3.50. The summed E-state index contributed by atoms with van der Waals surface area (Å²) in [6, 6.07) is 0. The molecule has 2 saturated heterocycles. The maximum Gasteiger partial charge on any atom is 0.187 e. The zero-order valence-electron chi connectivity index (χ0n) is 10.4. The van der Waals surface area contributed by atoms with E-state index in [1.807, 2.05) is 11.3 Å². The molecule has 0 atom stereocenters. The van der Waals surface area contributed by atoms with Gasteiger partial charge >= 0.3 is 0 Å². The first-order valence-corrected chi connectivity index (χ1v) is 7.77. The summed E-state index contributed by atoms with van der Waals surface area (Å²) in [6.07, 6.45) is 8.10. The molecule has 3 nitrogen and oxygen atoms in total. The highest BCUT2D eigenvalue weighted by Crippen LogP contribution is 2.29. The quantitative estimate of drug-likeness (QED) is 0.805. The van der Waals surface area contributed by atoms with Gasteiger partial charge in [-0.2, -0.15) is 0 Å². The molecule has 4 heteroatoms. The van der Waals surface area contributed by atoms with Crippen molar-refractivity contribution in [1.29, 1.82) is 0 Å². The third-order valence-electron chi connectivity index (χ3n) is 3.79. The van der Waals surface area contributed by atoms with Crippen molar-refractivity contribution in [2.24, 2.45) is 0 Å². The fourth-order valence-corrected chi connectivity index (χ4v) is 3.65. The Bertz CT molecular complexity index is 319. The average molecular weight is 251 g/mol. The molecule has 0 saturated carbocycles. The highest BCUT2D eigenvalue weighted by atomic mass is 32.1. The van der Waals surface area contributed by atoms with Crippen LogP contribution in [0.15, 0.2) is 5.38 Å². The van der Waals surface area contributed by atoms with Gasteiger partial charge in [-0.1, -0.05) is 0 Å². The number of hydrogen-bond acceptors (Lipinski definition) is 4. The molecule has 2 fully saturated rings. The van der Waals surface area contributed by atoms with E-state index < -0.39 is 0 Å². The van der Waals surface area contributed by atoms with Gasteiger partial charge in [-0.3, -0.25) is 0 Å². The van der Waals surface area contributed by atoms with Gasteiger partial charge in [0, 0.05) is 31.6 Å². The Morgan fingerprint density at radius 3 is 2.06 bits per heavy atom. The summed E-state index contributed by atoms with van der Waals surface area (Å²) in [5, 5.41) is 3.49. The summed E-state index contributed by atoms with van der Waals surface area (Å²) in [7, 11) is 0. The summed E-state index contributed by atoms with van der Waals surface area (Å²) in [5.74, 6) is 1.22. The Labute approximate surface area is 107 Å². The van der Waals surface area contributed by atoms with E-state index in [2.05, 4.69) is 15.2 Å². The average Bonchev–Trinajstić information content (AvgIpc) is 2.90. The largest absolute Gasteiger partial charge is 0.356 e. The van der Waals surface area contributed by atoms with Crippen molar-refractivity contribution in [3.8, 4) is 0 Å². The van der Waals surface area contributed by atoms with Crippen LogP contribution in [0.1, 0.15) is 38.5 Å². The van der Waals surface area contributed by atoms with E-state index in [-0.39, 0.29) is 0 Å². The molecule has 0 aliphatic carbocycles. The lowest BCUT2D eigenvalue weighted by molar-refractivity contribution is 0.568. The Morgan fingerprint density at radius 1 is 0.824 bits per heavy atom. The Balaban J connectivity index is 1.68. The second-order valence-corrected chi connectivity index (χ2v) is 5.92. The van der Waals surface area contributed by atoms with Crippen LogP contribution < -0.4 is 9.80 Å². The summed E-state index contributed by atoms with van der Waals surface area (Å²) in [4.78, 5) is 9.74. The monoisotopic (exact) mass is 251 g/mol. The van der Waals surface area contributed by atoms with Crippen LogP contribution in [-0.2, 0) is 0 Å². The minimum Gasteiger partial charge on any atom is -0.356 e. The van der Waals surface area contributed by atoms with E-state index in [0.717, 1.165) is 0 Å². The standard InChI is InChI=1S/C13H21N3S/c1-3-7-15(8-4-1)12-11-17-13(14-12)16-9-5-2-6-10-16/h11H,1-10H2. The second kappa shape index (κ2) is 5.25. The van der Waals surface area contributed by atoms with Gasteiger partial charge in [0.1, 0.15) is 5.82 Å². The molecule has 0 unspecified atom stereocenters. The first kappa shape index (κ1) is 11.3. The highest BCUT2D eigenvalue weighted by Gasteiger charge is 2.17. The topological polar surface area (TPSA) is 19.4 Å². The van der Waals surface area contributed by atoms with Crippen molar-refractivity contribution < 1.29 is 0 Å². The van der Waals surface area contributed by atoms with Crippen LogP contribution >= 0.6 is 11.3 Å². The molecule has 0 spiro atoms. The van der Waals surface area contributed by atoms with Crippen LogP contribution in [0.4, 0.5) is 10.9 Å². The van der Waals surface area contributed by atoms with Crippen LogP contribution in [0.2, 0.25) is 0 Å². The SMILES string of the molecule is c1sc(N2CCCCC2)nc1N1CCCCC1. The molecule has 17 heavy (non-hydrogen) atoms. The van der Waals surface area contributed by atoms with Crippen molar-refractivity contribution >= 4 is 22.3 Å². The second-order valence-electron chi connectivity index (χ2n) is 5.08. The van der Waals surface area contributed by atoms with Gasteiger partial charge in [-0.15, -0.1) is 11.3 Å². The molecule has 0 amide bonds. The summed E-state index contributed by atoms with van der Waals surface area (Å²) in [6.45, 7) is 4.80. The lowest BCUT2D eigenvalue weighted by Crippen LogP contribution is -2.31. The van der Waals surface area contributed by atoms with Crippen LogP contribution in [0.25, 0.3) is 0 Å². The summed E-state index contributed by atoms with van der Waals surface area (Å²) >= 11 is 1.82. The highest BCUT2D eigenvalue weighted by molar-refractivity contribution is 7.14. The summed E-state index contributed by atoms with van der Waals surface area (Å²) < 4.78 is 0. The molecule has 2 aliphatic heterocycles. The molecular formula is C13H21N3S. The van der Waals surface area contributed by atoms with Crippen molar-refractivity contribution in [3.63, 3.8) is 0 Å². The lowest BCUT2D eigenvalue weighted by atomic mass is 10.1. The molecule has 0 bridgehead atoms. The number of nitrogens with zero attached hydrogens (tertiary/aromatic N) is 3. The first-order chi connectivity index (χ1) is 8.43. The van der Waals surface area contributed by atoms with Gasteiger partial charge in [-0.05, 0) is 38.5 Å². The van der Waals surface area contributed by atoms with Gasteiger partial charge in [0.05, 0.1) is 0 Å². The molecule has 1 aromatic heterocycles. The number of rotatable bonds is 2. The van der Waals surface area contributed by atoms with E-state index in [1.54, 1.807) is 0 Å². The zero-order valence-corrected chi connectivity index (χ0v) is 11.2. The molecule has 0 N–H and O–H groups in total. The van der Waals surface area contributed by atoms with E-state index in [9.17, 15) is 0 Å². The van der Waals surface area contributed by atoms with Gasteiger partial charge < -0.3 is 9.80 Å². The third-order valence-corrected chi connectivity index (χ3v) is 4.68. The Hall–Kier alpha value is -0.770. The predicted octanol–water partition coefficient (Wildman–Crippen LogP) is 3.12. The third kappa shape index (κ3) is 2.57. The smallest absolute Gasteiger partial charge is 0.187 e.